The van der Waals surface area contributed by atoms with E-state index in [-0.39, 0.29) is 35.8 Å². The fraction of sp³-hybridized carbons (Fsp3) is 0.273. The van der Waals surface area contributed by atoms with Crippen LogP contribution in [0.4, 0.5) is 32.2 Å². The maximum absolute atomic E-state index is 13.4. The first kappa shape index (κ1) is 23.5. The van der Waals surface area contributed by atoms with Crippen molar-refractivity contribution in [3.63, 3.8) is 0 Å². The zero-order valence-corrected chi connectivity index (χ0v) is 17.5. The number of halogens is 6. The number of carbonyl (C=O) groups excluding carboxylic acids is 1. The van der Waals surface area contributed by atoms with E-state index in [0.717, 1.165) is 11.6 Å². The first-order chi connectivity index (χ1) is 16.0. The van der Waals surface area contributed by atoms with Crippen molar-refractivity contribution in [1.29, 1.82) is 0 Å². The van der Waals surface area contributed by atoms with Crippen LogP contribution in [0.2, 0.25) is 0 Å². The molecule has 0 saturated heterocycles. The fourth-order valence-electron chi connectivity index (χ4n) is 3.76. The number of nitrogens with zero attached hydrogens (tertiary/aromatic N) is 1. The van der Waals surface area contributed by atoms with Crippen LogP contribution in [0, 0.1) is 0 Å². The Morgan fingerprint density at radius 1 is 1.03 bits per heavy atom. The first-order valence-corrected chi connectivity index (χ1v) is 9.89. The maximum atomic E-state index is 13.4. The van der Waals surface area contributed by atoms with E-state index < -0.39 is 35.6 Å². The molecule has 0 fully saturated rings. The number of rotatable bonds is 5. The molecule has 0 spiro atoms. The molecule has 6 nitrogen and oxygen atoms in total. The number of carbonyl (C=O) groups is 1. The molecule has 2 N–H and O–H groups in total. The molecule has 4 rings (SSSR count). The summed E-state index contributed by atoms with van der Waals surface area (Å²) in [7, 11) is 1.34. The molecular formula is C22H17F6N3O3. The van der Waals surface area contributed by atoms with Gasteiger partial charge in [-0.2, -0.15) is 31.4 Å². The van der Waals surface area contributed by atoms with Crippen LogP contribution in [0.1, 0.15) is 40.2 Å². The minimum Gasteiger partial charge on any atom is -0.493 e. The van der Waals surface area contributed by atoms with Gasteiger partial charge in [-0.1, -0.05) is 12.1 Å². The monoisotopic (exact) mass is 485 g/mol. The van der Waals surface area contributed by atoms with Crippen molar-refractivity contribution in [2.24, 2.45) is 0 Å². The lowest BCUT2D eigenvalue weighted by Crippen LogP contribution is -2.23. The highest BCUT2D eigenvalue weighted by Gasteiger charge is 2.38. The number of amides is 1. The van der Waals surface area contributed by atoms with Crippen molar-refractivity contribution in [3.05, 3.63) is 70.4 Å². The number of methoxy groups -OCH3 is 1. The van der Waals surface area contributed by atoms with Crippen LogP contribution in [0.25, 0.3) is 0 Å². The Bertz CT molecular complexity index is 1220. The van der Waals surface area contributed by atoms with Crippen LogP contribution < -0.4 is 14.8 Å². The topological polar surface area (TPSA) is 76.2 Å². The molecule has 3 aromatic rings. The van der Waals surface area contributed by atoms with Gasteiger partial charge >= 0.3 is 12.4 Å². The highest BCUT2D eigenvalue weighted by Crippen LogP contribution is 2.41. The van der Waals surface area contributed by atoms with E-state index in [4.69, 9.17) is 9.47 Å². The van der Waals surface area contributed by atoms with Gasteiger partial charge in [0.15, 0.2) is 17.3 Å². The predicted octanol–water partition coefficient (Wildman–Crippen LogP) is 5.51. The van der Waals surface area contributed by atoms with Crippen LogP contribution in [0.3, 0.4) is 0 Å². The van der Waals surface area contributed by atoms with Crippen molar-refractivity contribution in [2.75, 3.05) is 12.4 Å². The molecule has 12 heteroatoms. The van der Waals surface area contributed by atoms with Crippen molar-refractivity contribution in [2.45, 2.75) is 31.3 Å². The van der Waals surface area contributed by atoms with E-state index in [0.29, 0.717) is 17.4 Å². The van der Waals surface area contributed by atoms with Crippen molar-refractivity contribution in [3.8, 4) is 11.5 Å². The summed E-state index contributed by atoms with van der Waals surface area (Å²) in [6.45, 7) is -0.638. The van der Waals surface area contributed by atoms with Gasteiger partial charge in [-0.3, -0.25) is 9.89 Å². The van der Waals surface area contributed by atoms with E-state index in [9.17, 15) is 31.1 Å². The average molecular weight is 485 g/mol. The zero-order chi connectivity index (χ0) is 24.7. The summed E-state index contributed by atoms with van der Waals surface area (Å²) in [6, 6.07) is 6.08. The molecule has 0 bridgehead atoms. The summed E-state index contributed by atoms with van der Waals surface area (Å²) >= 11 is 0. The summed E-state index contributed by atoms with van der Waals surface area (Å²) in [6.07, 6.45) is -8.11. The number of alkyl halides is 6. The number of hydrogen-bond donors (Lipinski definition) is 2. The van der Waals surface area contributed by atoms with Crippen LogP contribution >= 0.6 is 0 Å². The number of H-pyrrole nitrogens is 1. The highest BCUT2D eigenvalue weighted by atomic mass is 19.4. The van der Waals surface area contributed by atoms with Gasteiger partial charge < -0.3 is 14.8 Å². The first-order valence-electron chi connectivity index (χ1n) is 9.89. The SMILES string of the molecule is COc1cc([C@H]2CC(=O)Nc3n[nH]cc32)ccc1OCc1ccc(C(F)(F)F)cc1C(F)(F)F. The lowest BCUT2D eigenvalue weighted by Gasteiger charge is -2.23. The molecule has 1 atom stereocenters. The summed E-state index contributed by atoms with van der Waals surface area (Å²) < 4.78 is 89.6. The Hall–Kier alpha value is -3.70. The van der Waals surface area contributed by atoms with Crippen LogP contribution in [-0.4, -0.2) is 23.2 Å². The van der Waals surface area contributed by atoms with E-state index in [1.807, 2.05) is 0 Å². The molecule has 0 aliphatic carbocycles. The number of aromatic amines is 1. The number of benzene rings is 2. The molecule has 0 unspecified atom stereocenters. The molecule has 1 aliphatic rings. The van der Waals surface area contributed by atoms with Crippen LogP contribution in [0.5, 0.6) is 11.5 Å². The fourth-order valence-corrected chi connectivity index (χ4v) is 3.76. The molecule has 1 amide bonds. The summed E-state index contributed by atoms with van der Waals surface area (Å²) in [5, 5.41) is 9.32. The summed E-state index contributed by atoms with van der Waals surface area (Å²) in [5.74, 6) is 0.117. The standard InChI is InChI=1S/C22H17F6N3O3/c1-33-18-6-11(14-8-19(32)30-20-15(14)9-29-31-20)3-5-17(18)34-10-12-2-4-13(21(23,24)25)7-16(12)22(26,27)28/h2-7,9,14H,8,10H2,1H3,(H2,29,30,31,32)/t14-/m1/s1. The number of fused-ring (bicyclic) bond motifs is 1. The van der Waals surface area contributed by atoms with Crippen molar-refractivity contribution in [1.82, 2.24) is 10.2 Å². The van der Waals surface area contributed by atoms with Gasteiger partial charge in [-0.25, -0.2) is 0 Å². The minimum atomic E-state index is -5.00. The van der Waals surface area contributed by atoms with Gasteiger partial charge in [0.2, 0.25) is 5.91 Å². The molecule has 2 aromatic carbocycles. The Morgan fingerprint density at radius 2 is 1.79 bits per heavy atom. The third-order valence-electron chi connectivity index (χ3n) is 5.41. The minimum absolute atomic E-state index is 0.0651. The molecular weight excluding hydrogens is 468 g/mol. The predicted molar refractivity (Wildman–Crippen MR) is 107 cm³/mol. The molecule has 0 saturated carbocycles. The molecule has 2 heterocycles. The van der Waals surface area contributed by atoms with E-state index in [1.54, 1.807) is 18.3 Å². The normalized spacial score (nSPS) is 16.1. The molecule has 34 heavy (non-hydrogen) atoms. The van der Waals surface area contributed by atoms with E-state index >= 15 is 0 Å². The van der Waals surface area contributed by atoms with E-state index in [2.05, 4.69) is 15.5 Å². The number of hydrogen-bond acceptors (Lipinski definition) is 4. The van der Waals surface area contributed by atoms with Crippen molar-refractivity contribution >= 4 is 11.7 Å². The second-order valence-electron chi connectivity index (χ2n) is 7.56. The lowest BCUT2D eigenvalue weighted by molar-refractivity contribution is -0.143. The van der Waals surface area contributed by atoms with Gasteiger partial charge in [0.25, 0.3) is 0 Å². The van der Waals surface area contributed by atoms with Crippen LogP contribution in [0.15, 0.2) is 42.6 Å². The maximum Gasteiger partial charge on any atom is 0.416 e. The Labute approximate surface area is 188 Å². The van der Waals surface area contributed by atoms with Crippen LogP contribution in [-0.2, 0) is 23.8 Å². The Balaban J connectivity index is 1.60. The zero-order valence-electron chi connectivity index (χ0n) is 17.5. The number of nitrogens with one attached hydrogen (secondary N) is 2. The third-order valence-corrected chi connectivity index (χ3v) is 5.41. The second-order valence-corrected chi connectivity index (χ2v) is 7.56. The smallest absolute Gasteiger partial charge is 0.416 e. The lowest BCUT2D eigenvalue weighted by atomic mass is 9.87. The molecule has 1 aromatic heterocycles. The Morgan fingerprint density at radius 3 is 2.47 bits per heavy atom. The van der Waals surface area contributed by atoms with Gasteiger partial charge in [0, 0.05) is 29.7 Å². The van der Waals surface area contributed by atoms with E-state index in [1.165, 1.54) is 13.2 Å². The number of anilines is 1. The second kappa shape index (κ2) is 8.58. The van der Waals surface area contributed by atoms with Gasteiger partial charge in [-0.05, 0) is 29.8 Å². The molecule has 0 radical (unpaired) electrons. The van der Waals surface area contributed by atoms with Gasteiger partial charge in [0.1, 0.15) is 6.61 Å². The summed E-state index contributed by atoms with van der Waals surface area (Å²) in [4.78, 5) is 12.0. The molecule has 1 aliphatic heterocycles. The largest absolute Gasteiger partial charge is 0.493 e. The van der Waals surface area contributed by atoms with Crippen molar-refractivity contribution < 1.29 is 40.6 Å². The van der Waals surface area contributed by atoms with Gasteiger partial charge in [0.05, 0.1) is 18.2 Å². The molecule has 180 valence electrons. The van der Waals surface area contributed by atoms with Gasteiger partial charge in [-0.15, -0.1) is 0 Å². The number of aromatic nitrogens is 2. The number of ether oxygens (including phenoxy) is 2. The summed E-state index contributed by atoms with van der Waals surface area (Å²) in [5.41, 5.74) is -1.85. The average Bonchev–Trinajstić information content (AvgIpc) is 3.24. The highest BCUT2D eigenvalue weighted by molar-refractivity contribution is 5.94. The quantitative estimate of drug-likeness (QED) is 0.468. The third kappa shape index (κ3) is 4.66. The Kier molecular flexibility index (Phi) is 5.92.